The predicted molar refractivity (Wildman–Crippen MR) is 90.4 cm³/mol. The van der Waals surface area contributed by atoms with Crippen molar-refractivity contribution in [3.63, 3.8) is 0 Å². The number of hydrogen-bond acceptors (Lipinski definition) is 4. The summed E-state index contributed by atoms with van der Waals surface area (Å²) in [6.07, 6.45) is 0.947. The van der Waals surface area contributed by atoms with Crippen LogP contribution in [0.1, 0.15) is 45.7 Å². The van der Waals surface area contributed by atoms with Crippen molar-refractivity contribution < 1.29 is 0 Å². The highest BCUT2D eigenvalue weighted by Crippen LogP contribution is 2.24. The van der Waals surface area contributed by atoms with Gasteiger partial charge in [0.15, 0.2) is 5.13 Å². The molecule has 2 heterocycles. The molecule has 0 atom stereocenters. The highest BCUT2D eigenvalue weighted by molar-refractivity contribution is 7.14. The van der Waals surface area contributed by atoms with E-state index in [-0.39, 0.29) is 5.56 Å². The van der Waals surface area contributed by atoms with E-state index in [1.165, 1.54) is 11.3 Å². The van der Waals surface area contributed by atoms with Gasteiger partial charge in [-0.15, -0.1) is 11.3 Å². The topological polar surface area (TPSA) is 46.9 Å². The van der Waals surface area contributed by atoms with Crippen molar-refractivity contribution in [1.82, 2.24) is 9.55 Å². The summed E-state index contributed by atoms with van der Waals surface area (Å²) < 4.78 is 1.90. The van der Waals surface area contributed by atoms with Gasteiger partial charge in [-0.1, -0.05) is 20.8 Å². The fourth-order valence-electron chi connectivity index (χ4n) is 2.38. The molecule has 0 fully saturated rings. The Bertz CT molecular complexity index is 658. The van der Waals surface area contributed by atoms with E-state index in [1.807, 2.05) is 22.9 Å². The zero-order valence-corrected chi connectivity index (χ0v) is 14.0. The van der Waals surface area contributed by atoms with E-state index in [4.69, 9.17) is 0 Å². The molecule has 0 radical (unpaired) electrons. The van der Waals surface area contributed by atoms with Gasteiger partial charge in [-0.2, -0.15) is 0 Å². The number of hydrogen-bond donors (Lipinski definition) is 1. The summed E-state index contributed by atoms with van der Waals surface area (Å²) in [6, 6.07) is 3.97. The number of nitrogens with zero attached hydrogens (tertiary/aromatic N) is 2. The van der Waals surface area contributed by atoms with Crippen molar-refractivity contribution in [2.24, 2.45) is 0 Å². The van der Waals surface area contributed by atoms with Crippen molar-refractivity contribution in [2.75, 3.05) is 11.9 Å². The molecule has 4 nitrogen and oxygen atoms in total. The summed E-state index contributed by atoms with van der Waals surface area (Å²) in [4.78, 5) is 17.3. The van der Waals surface area contributed by atoms with Gasteiger partial charge in [0.2, 0.25) is 0 Å². The van der Waals surface area contributed by atoms with Crippen molar-refractivity contribution in [1.29, 1.82) is 0 Å². The van der Waals surface area contributed by atoms with Gasteiger partial charge >= 0.3 is 0 Å². The molecule has 1 N–H and O–H groups in total. The highest BCUT2D eigenvalue weighted by atomic mass is 32.1. The lowest BCUT2D eigenvalue weighted by atomic mass is 10.1. The predicted octanol–water partition coefficient (Wildman–Crippen LogP) is 3.94. The van der Waals surface area contributed by atoms with Gasteiger partial charge in [0.1, 0.15) is 0 Å². The van der Waals surface area contributed by atoms with E-state index in [0.717, 1.165) is 36.0 Å². The molecule has 0 saturated heterocycles. The second-order valence-electron chi connectivity index (χ2n) is 5.35. The van der Waals surface area contributed by atoms with Gasteiger partial charge in [0, 0.05) is 24.2 Å². The fourth-order valence-corrected chi connectivity index (χ4v) is 3.16. The molecule has 5 heteroatoms. The maximum absolute atomic E-state index is 12.8. The Hall–Kier alpha value is -1.62. The van der Waals surface area contributed by atoms with E-state index in [2.05, 4.69) is 37.1 Å². The number of anilines is 1. The van der Waals surface area contributed by atoms with Crippen LogP contribution in [0.15, 0.2) is 22.3 Å². The van der Waals surface area contributed by atoms with Gasteiger partial charge in [0.25, 0.3) is 5.56 Å². The molecule has 0 aliphatic heterocycles. The van der Waals surface area contributed by atoms with Crippen LogP contribution in [-0.2, 0) is 6.54 Å². The summed E-state index contributed by atoms with van der Waals surface area (Å²) in [5, 5.41) is 5.99. The Morgan fingerprint density at radius 1 is 1.33 bits per heavy atom. The molecule has 0 aromatic carbocycles. The third-order valence-corrected chi connectivity index (χ3v) is 4.15. The maximum Gasteiger partial charge on any atom is 0.260 e. The van der Waals surface area contributed by atoms with Crippen LogP contribution >= 0.6 is 11.3 Å². The number of aromatic nitrogens is 2. The van der Waals surface area contributed by atoms with Gasteiger partial charge in [0.05, 0.1) is 11.3 Å². The Morgan fingerprint density at radius 2 is 2.10 bits per heavy atom. The molecular formula is C16H23N3OS. The van der Waals surface area contributed by atoms with Crippen LogP contribution in [0, 0.1) is 0 Å². The van der Waals surface area contributed by atoms with Crippen LogP contribution in [0.5, 0.6) is 0 Å². The summed E-state index contributed by atoms with van der Waals surface area (Å²) in [5.41, 5.74) is 2.61. The lowest BCUT2D eigenvalue weighted by Crippen LogP contribution is -2.25. The SMILES string of the molecule is CCCn1c(C(C)C)ccc(-c2csc(NCC)n2)c1=O. The van der Waals surface area contributed by atoms with E-state index in [1.54, 1.807) is 0 Å². The van der Waals surface area contributed by atoms with Gasteiger partial charge in [-0.05, 0) is 31.4 Å². The molecule has 0 bridgehead atoms. The summed E-state index contributed by atoms with van der Waals surface area (Å²) in [5.74, 6) is 0.339. The largest absolute Gasteiger partial charge is 0.362 e. The second kappa shape index (κ2) is 6.89. The van der Waals surface area contributed by atoms with Gasteiger partial charge in [-0.3, -0.25) is 4.79 Å². The Labute approximate surface area is 129 Å². The molecule has 2 aromatic heterocycles. The average Bonchev–Trinajstić information content (AvgIpc) is 2.89. The molecule has 0 aliphatic carbocycles. The second-order valence-corrected chi connectivity index (χ2v) is 6.21. The van der Waals surface area contributed by atoms with Gasteiger partial charge in [-0.25, -0.2) is 4.98 Å². The lowest BCUT2D eigenvalue weighted by Gasteiger charge is -2.16. The van der Waals surface area contributed by atoms with Crippen molar-refractivity contribution in [3.8, 4) is 11.3 Å². The first-order valence-electron chi connectivity index (χ1n) is 7.52. The van der Waals surface area contributed by atoms with E-state index in [0.29, 0.717) is 11.5 Å². The van der Waals surface area contributed by atoms with Crippen LogP contribution in [0.25, 0.3) is 11.3 Å². The lowest BCUT2D eigenvalue weighted by molar-refractivity contribution is 0.597. The summed E-state index contributed by atoms with van der Waals surface area (Å²) in [7, 11) is 0. The molecule has 0 unspecified atom stereocenters. The summed E-state index contributed by atoms with van der Waals surface area (Å²) >= 11 is 1.54. The normalized spacial score (nSPS) is 11.1. The molecule has 21 heavy (non-hydrogen) atoms. The standard InChI is InChI=1S/C16H23N3OS/c1-5-9-19-14(11(3)4)8-7-12(15(19)20)13-10-21-16(18-13)17-6-2/h7-8,10-11H,5-6,9H2,1-4H3,(H,17,18). The molecule has 0 spiro atoms. The minimum absolute atomic E-state index is 0.0661. The Morgan fingerprint density at radius 3 is 2.71 bits per heavy atom. The smallest absolute Gasteiger partial charge is 0.260 e. The first-order valence-corrected chi connectivity index (χ1v) is 8.39. The van der Waals surface area contributed by atoms with Crippen LogP contribution < -0.4 is 10.9 Å². The molecule has 0 aliphatic rings. The monoisotopic (exact) mass is 305 g/mol. The minimum atomic E-state index is 0.0661. The molecular weight excluding hydrogens is 282 g/mol. The quantitative estimate of drug-likeness (QED) is 0.879. The van der Waals surface area contributed by atoms with E-state index in [9.17, 15) is 4.79 Å². The third kappa shape index (κ3) is 3.35. The first kappa shape index (κ1) is 15.8. The molecule has 0 saturated carbocycles. The third-order valence-electron chi connectivity index (χ3n) is 3.35. The fraction of sp³-hybridized carbons (Fsp3) is 0.500. The first-order chi connectivity index (χ1) is 10.1. The van der Waals surface area contributed by atoms with Crippen LogP contribution in [0.2, 0.25) is 0 Å². The highest BCUT2D eigenvalue weighted by Gasteiger charge is 2.14. The van der Waals surface area contributed by atoms with Crippen molar-refractivity contribution in [2.45, 2.75) is 46.6 Å². The molecule has 114 valence electrons. The Balaban J connectivity index is 2.49. The van der Waals surface area contributed by atoms with Crippen LogP contribution in [0.3, 0.4) is 0 Å². The van der Waals surface area contributed by atoms with Crippen LogP contribution in [-0.4, -0.2) is 16.1 Å². The van der Waals surface area contributed by atoms with Crippen molar-refractivity contribution >= 4 is 16.5 Å². The minimum Gasteiger partial charge on any atom is -0.362 e. The zero-order chi connectivity index (χ0) is 15.4. The molecule has 0 amide bonds. The van der Waals surface area contributed by atoms with Crippen LogP contribution in [0.4, 0.5) is 5.13 Å². The number of pyridine rings is 1. The van der Waals surface area contributed by atoms with Crippen molar-refractivity contribution in [3.05, 3.63) is 33.6 Å². The van der Waals surface area contributed by atoms with Gasteiger partial charge < -0.3 is 9.88 Å². The number of nitrogens with one attached hydrogen (secondary N) is 1. The summed E-state index contributed by atoms with van der Waals surface area (Å²) in [6.45, 7) is 9.95. The van der Waals surface area contributed by atoms with E-state index < -0.39 is 0 Å². The molecule has 2 aromatic rings. The zero-order valence-electron chi connectivity index (χ0n) is 13.1. The maximum atomic E-state index is 12.8. The van der Waals surface area contributed by atoms with E-state index >= 15 is 0 Å². The number of thiazole rings is 1. The number of rotatable bonds is 6. The Kier molecular flexibility index (Phi) is 5.17. The average molecular weight is 305 g/mol. The molecule has 2 rings (SSSR count).